The Bertz CT molecular complexity index is 1310. The van der Waals surface area contributed by atoms with Crippen molar-refractivity contribution < 1.29 is 28.6 Å². The monoisotopic (exact) mass is 1020 g/mol. The van der Waals surface area contributed by atoms with E-state index in [1.54, 1.807) is 0 Å². The molecule has 0 heterocycles. The van der Waals surface area contributed by atoms with Crippen LogP contribution in [0.2, 0.25) is 0 Å². The first-order valence-corrected chi connectivity index (χ1v) is 31.8. The number of carbonyl (C=O) groups is 3. The fourth-order valence-electron chi connectivity index (χ4n) is 9.19. The van der Waals surface area contributed by atoms with Crippen molar-refractivity contribution in [2.45, 2.75) is 335 Å². The second kappa shape index (κ2) is 61.7. The van der Waals surface area contributed by atoms with Crippen molar-refractivity contribution in [1.82, 2.24) is 0 Å². The van der Waals surface area contributed by atoms with Crippen LogP contribution in [0, 0.1) is 0 Å². The first-order valence-electron chi connectivity index (χ1n) is 31.8. The molecule has 0 aromatic heterocycles. The zero-order valence-corrected chi connectivity index (χ0v) is 48.7. The lowest BCUT2D eigenvalue weighted by Gasteiger charge is -2.18. The molecule has 0 amide bonds. The number of ether oxygens (including phenoxy) is 3. The van der Waals surface area contributed by atoms with E-state index in [2.05, 4.69) is 81.5 Å². The largest absolute Gasteiger partial charge is 0.462 e. The second-order valence-electron chi connectivity index (χ2n) is 21.3. The van der Waals surface area contributed by atoms with E-state index in [1.165, 1.54) is 199 Å². The average Bonchev–Trinajstić information content (AvgIpc) is 3.39. The number of allylic oxidation sites excluding steroid dienone is 10. The normalized spacial score (nSPS) is 12.4. The van der Waals surface area contributed by atoms with Crippen molar-refractivity contribution in [1.29, 1.82) is 0 Å². The minimum absolute atomic E-state index is 0.0809. The topological polar surface area (TPSA) is 78.9 Å². The molecule has 0 radical (unpaired) electrons. The maximum Gasteiger partial charge on any atom is 0.306 e. The van der Waals surface area contributed by atoms with Crippen LogP contribution in [0.1, 0.15) is 329 Å². The molecule has 6 nitrogen and oxygen atoms in total. The summed E-state index contributed by atoms with van der Waals surface area (Å²) in [5.74, 6) is -0.888. The quantitative estimate of drug-likeness (QED) is 0.0261. The van der Waals surface area contributed by atoms with E-state index in [0.717, 1.165) is 89.9 Å². The van der Waals surface area contributed by atoms with Gasteiger partial charge >= 0.3 is 17.9 Å². The summed E-state index contributed by atoms with van der Waals surface area (Å²) in [4.78, 5) is 38.3. The van der Waals surface area contributed by atoms with Crippen molar-refractivity contribution in [2.24, 2.45) is 0 Å². The van der Waals surface area contributed by atoms with E-state index >= 15 is 0 Å². The molecule has 0 aliphatic carbocycles. The molecule has 0 spiro atoms. The molecule has 0 aliphatic rings. The number of carbonyl (C=O) groups excluding carboxylic acids is 3. The molecule has 6 heteroatoms. The van der Waals surface area contributed by atoms with Gasteiger partial charge in [-0.15, -0.1) is 0 Å². The van der Waals surface area contributed by atoms with E-state index in [9.17, 15) is 14.4 Å². The van der Waals surface area contributed by atoms with Crippen LogP contribution in [0.3, 0.4) is 0 Å². The summed E-state index contributed by atoms with van der Waals surface area (Å²) < 4.78 is 16.9. The van der Waals surface area contributed by atoms with Crippen LogP contribution in [-0.2, 0) is 28.6 Å². The highest BCUT2D eigenvalue weighted by Gasteiger charge is 2.19. The maximum absolute atomic E-state index is 12.9. The van der Waals surface area contributed by atoms with Crippen molar-refractivity contribution >= 4 is 17.9 Å². The Morgan fingerprint density at radius 1 is 0.274 bits per heavy atom. The Morgan fingerprint density at radius 3 is 0.795 bits per heavy atom. The van der Waals surface area contributed by atoms with Crippen LogP contribution in [-0.4, -0.2) is 37.2 Å². The number of hydrogen-bond acceptors (Lipinski definition) is 6. The predicted molar refractivity (Wildman–Crippen MR) is 316 cm³/mol. The number of unbranched alkanes of at least 4 members (excludes halogenated alkanes) is 37. The molecule has 0 bridgehead atoms. The summed E-state index contributed by atoms with van der Waals surface area (Å²) in [6.45, 7) is 6.61. The lowest BCUT2D eigenvalue weighted by Crippen LogP contribution is -2.30. The van der Waals surface area contributed by atoms with Gasteiger partial charge in [-0.2, -0.15) is 0 Å². The molecule has 0 fully saturated rings. The highest BCUT2D eigenvalue weighted by atomic mass is 16.6. The molecule has 0 aromatic carbocycles. The Kier molecular flexibility index (Phi) is 59.2. The molecule has 424 valence electrons. The third-order valence-electron chi connectivity index (χ3n) is 14.0. The molecule has 73 heavy (non-hydrogen) atoms. The highest BCUT2D eigenvalue weighted by Crippen LogP contribution is 2.17. The molecule has 0 saturated heterocycles. The maximum atomic E-state index is 12.9. The lowest BCUT2D eigenvalue weighted by atomic mass is 10.0. The number of esters is 3. The minimum atomic E-state index is -0.785. The number of rotatable bonds is 58. The SMILES string of the molecule is CCCCC/C=C/C/C=C/C/C=C/CCCCCCC(=O)OC[C@H](COC(=O)CCCCCCCCCCC/C=C/C/C=C/CCCCC)OC(=O)CCCCCCCCCCCCCCCCCCCCC. The fourth-order valence-corrected chi connectivity index (χ4v) is 9.19. The third kappa shape index (κ3) is 59.9. The van der Waals surface area contributed by atoms with Gasteiger partial charge < -0.3 is 14.2 Å². The molecular weight excluding hydrogens is 901 g/mol. The van der Waals surface area contributed by atoms with E-state index in [4.69, 9.17) is 14.2 Å². The van der Waals surface area contributed by atoms with E-state index in [0.29, 0.717) is 19.3 Å². The Balaban J connectivity index is 4.38. The highest BCUT2D eigenvalue weighted by molar-refractivity contribution is 5.71. The summed E-state index contributed by atoms with van der Waals surface area (Å²) in [6.07, 6.45) is 77.9. The summed E-state index contributed by atoms with van der Waals surface area (Å²) >= 11 is 0. The van der Waals surface area contributed by atoms with Gasteiger partial charge in [0.1, 0.15) is 13.2 Å². The first kappa shape index (κ1) is 70.1. The smallest absolute Gasteiger partial charge is 0.306 e. The summed E-state index contributed by atoms with van der Waals surface area (Å²) in [6, 6.07) is 0. The summed E-state index contributed by atoms with van der Waals surface area (Å²) in [5, 5.41) is 0. The Hall–Kier alpha value is -2.89. The fraction of sp³-hybridized carbons (Fsp3) is 0.806. The van der Waals surface area contributed by atoms with Crippen LogP contribution in [0.5, 0.6) is 0 Å². The third-order valence-corrected chi connectivity index (χ3v) is 14.0. The van der Waals surface area contributed by atoms with E-state index in [1.807, 2.05) is 0 Å². The lowest BCUT2D eigenvalue weighted by molar-refractivity contribution is -0.167. The average molecular weight is 1020 g/mol. The van der Waals surface area contributed by atoms with Crippen LogP contribution in [0.4, 0.5) is 0 Å². The number of hydrogen-bond donors (Lipinski definition) is 0. The zero-order chi connectivity index (χ0) is 52.9. The van der Waals surface area contributed by atoms with Gasteiger partial charge in [0.25, 0.3) is 0 Å². The molecule has 1 atom stereocenters. The first-order chi connectivity index (χ1) is 36.0. The van der Waals surface area contributed by atoms with Crippen molar-refractivity contribution in [3.05, 3.63) is 60.8 Å². The molecule has 0 aliphatic heterocycles. The van der Waals surface area contributed by atoms with Crippen LogP contribution >= 0.6 is 0 Å². The van der Waals surface area contributed by atoms with Gasteiger partial charge in [-0.25, -0.2) is 0 Å². The molecular formula is C67H120O6. The van der Waals surface area contributed by atoms with E-state index in [-0.39, 0.29) is 31.1 Å². The predicted octanol–water partition coefficient (Wildman–Crippen LogP) is 21.6. The van der Waals surface area contributed by atoms with Gasteiger partial charge in [-0.1, -0.05) is 281 Å². The van der Waals surface area contributed by atoms with Crippen LogP contribution in [0.15, 0.2) is 60.8 Å². The Labute approximate surface area is 453 Å². The molecule has 0 saturated carbocycles. The van der Waals surface area contributed by atoms with Gasteiger partial charge in [0.15, 0.2) is 6.10 Å². The summed E-state index contributed by atoms with van der Waals surface area (Å²) in [5.41, 5.74) is 0. The van der Waals surface area contributed by atoms with Crippen molar-refractivity contribution in [2.75, 3.05) is 13.2 Å². The molecule has 0 aromatic rings. The van der Waals surface area contributed by atoms with Gasteiger partial charge in [0.2, 0.25) is 0 Å². The zero-order valence-electron chi connectivity index (χ0n) is 48.7. The summed E-state index contributed by atoms with van der Waals surface area (Å²) in [7, 11) is 0. The van der Waals surface area contributed by atoms with Gasteiger partial charge in [-0.05, 0) is 89.9 Å². The second-order valence-corrected chi connectivity index (χ2v) is 21.3. The van der Waals surface area contributed by atoms with Gasteiger partial charge in [-0.3, -0.25) is 14.4 Å². The van der Waals surface area contributed by atoms with Crippen molar-refractivity contribution in [3.8, 4) is 0 Å². The van der Waals surface area contributed by atoms with Crippen LogP contribution < -0.4 is 0 Å². The van der Waals surface area contributed by atoms with Crippen molar-refractivity contribution in [3.63, 3.8) is 0 Å². The van der Waals surface area contributed by atoms with Crippen LogP contribution in [0.25, 0.3) is 0 Å². The standard InChI is InChI=1S/C67H120O6/c1-4-7-10-13-16-19-22-25-28-31-33-36-39-42-45-48-51-54-57-60-66(69)72-63-64(62-71-65(68)59-56-53-50-47-44-41-38-35-30-27-24-21-18-15-12-9-6-3)73-67(70)61-58-55-52-49-46-43-40-37-34-32-29-26-23-20-17-14-11-8-5-2/h16,18-19,21,25,27-28,30,38,41,64H,4-15,17,20,22-24,26,29,31-37,39-40,42-63H2,1-3H3/b19-16+,21-18+,28-25+,30-27+,41-38+/t64-/m1/s1. The molecule has 0 rings (SSSR count). The Morgan fingerprint density at radius 2 is 0.493 bits per heavy atom. The minimum Gasteiger partial charge on any atom is -0.462 e. The van der Waals surface area contributed by atoms with E-state index < -0.39 is 6.10 Å². The van der Waals surface area contributed by atoms with Gasteiger partial charge in [0, 0.05) is 19.3 Å². The molecule has 0 N–H and O–H groups in total. The molecule has 0 unspecified atom stereocenters. The van der Waals surface area contributed by atoms with Gasteiger partial charge in [0.05, 0.1) is 0 Å².